The number of benzene rings is 1. The van der Waals surface area contributed by atoms with E-state index in [2.05, 4.69) is 5.48 Å². The molecule has 0 aliphatic carbocycles. The zero-order valence-electron chi connectivity index (χ0n) is 10.8. The van der Waals surface area contributed by atoms with Gasteiger partial charge in [-0.05, 0) is 37.5 Å². The molecule has 0 aromatic heterocycles. The van der Waals surface area contributed by atoms with Crippen molar-refractivity contribution in [3.05, 3.63) is 29.8 Å². The Labute approximate surface area is 107 Å². The molecule has 0 aliphatic heterocycles. The molecule has 5 heteroatoms. The zero-order valence-corrected chi connectivity index (χ0v) is 10.8. The van der Waals surface area contributed by atoms with Gasteiger partial charge >= 0.3 is 0 Å². The van der Waals surface area contributed by atoms with E-state index in [0.29, 0.717) is 0 Å². The Morgan fingerprint density at radius 1 is 1.39 bits per heavy atom. The minimum absolute atomic E-state index is 0.104. The van der Waals surface area contributed by atoms with E-state index in [9.17, 15) is 4.79 Å². The smallest absolute Gasteiger partial charge is 0.245 e. The number of hydrogen-bond donors (Lipinski definition) is 2. The summed E-state index contributed by atoms with van der Waals surface area (Å²) in [6.07, 6.45) is 1.84. The third-order valence-electron chi connectivity index (χ3n) is 2.52. The van der Waals surface area contributed by atoms with Crippen molar-refractivity contribution in [3.63, 3.8) is 0 Å². The van der Waals surface area contributed by atoms with Crippen LogP contribution in [-0.2, 0) is 16.1 Å². The van der Waals surface area contributed by atoms with Gasteiger partial charge in [-0.3, -0.25) is 9.63 Å². The fraction of sp³-hybridized carbons (Fsp3) is 0.462. The molecule has 0 spiro atoms. The summed E-state index contributed by atoms with van der Waals surface area (Å²) >= 11 is 0. The molecule has 0 heterocycles. The minimum atomic E-state index is -0.482. The molecule has 0 bridgehead atoms. The zero-order chi connectivity index (χ0) is 13.4. The van der Waals surface area contributed by atoms with Gasteiger partial charge in [0.1, 0.15) is 12.4 Å². The van der Waals surface area contributed by atoms with Crippen LogP contribution >= 0.6 is 0 Å². The largest absolute Gasteiger partial charge is 0.497 e. The molecule has 0 radical (unpaired) electrons. The lowest BCUT2D eigenvalue weighted by atomic mass is 10.1. The van der Waals surface area contributed by atoms with Gasteiger partial charge in [0, 0.05) is 6.04 Å². The molecule has 1 amide bonds. The molecule has 1 rings (SSSR count). The molecule has 1 aromatic rings. The Morgan fingerprint density at radius 3 is 2.61 bits per heavy atom. The van der Waals surface area contributed by atoms with E-state index in [0.717, 1.165) is 18.6 Å². The first-order valence-corrected chi connectivity index (χ1v) is 5.90. The minimum Gasteiger partial charge on any atom is -0.497 e. The van der Waals surface area contributed by atoms with E-state index in [-0.39, 0.29) is 12.6 Å². The summed E-state index contributed by atoms with van der Waals surface area (Å²) in [7, 11) is 1.65. The summed E-state index contributed by atoms with van der Waals surface area (Å²) in [5.41, 5.74) is 8.97. The van der Waals surface area contributed by atoms with E-state index in [1.807, 2.05) is 31.2 Å². The van der Waals surface area contributed by atoms with E-state index < -0.39 is 5.91 Å². The van der Waals surface area contributed by atoms with Crippen molar-refractivity contribution in [1.82, 2.24) is 5.48 Å². The molecule has 1 unspecified atom stereocenters. The lowest BCUT2D eigenvalue weighted by Crippen LogP contribution is -2.31. The van der Waals surface area contributed by atoms with Crippen LogP contribution in [-0.4, -0.2) is 25.7 Å². The van der Waals surface area contributed by atoms with Crippen molar-refractivity contribution < 1.29 is 14.4 Å². The van der Waals surface area contributed by atoms with E-state index in [4.69, 9.17) is 15.3 Å². The molecular weight excluding hydrogens is 232 g/mol. The fourth-order valence-electron chi connectivity index (χ4n) is 1.49. The topological polar surface area (TPSA) is 73.6 Å². The number of hydrogen-bond acceptors (Lipinski definition) is 4. The van der Waals surface area contributed by atoms with Crippen LogP contribution in [0, 0.1) is 0 Å². The summed E-state index contributed by atoms with van der Waals surface area (Å²) in [6.45, 7) is 1.89. The average molecular weight is 252 g/mol. The summed E-state index contributed by atoms with van der Waals surface area (Å²) in [6, 6.07) is 8.12. The highest BCUT2D eigenvalue weighted by atomic mass is 16.6. The molecule has 3 N–H and O–H groups in total. The number of rotatable bonds is 8. The normalized spacial score (nSPS) is 12.1. The van der Waals surface area contributed by atoms with Crippen LogP contribution in [0.4, 0.5) is 0 Å². The summed E-state index contributed by atoms with van der Waals surface area (Å²) < 4.78 is 5.09. The Hall–Kier alpha value is -1.59. The van der Waals surface area contributed by atoms with Gasteiger partial charge < -0.3 is 10.5 Å². The number of aryl methyl sites for hydroxylation is 1. The molecular formula is C13H20N2O3. The van der Waals surface area contributed by atoms with Crippen LogP contribution in [0.5, 0.6) is 5.75 Å². The van der Waals surface area contributed by atoms with Gasteiger partial charge in [0.05, 0.1) is 7.11 Å². The number of ether oxygens (including phenoxy) is 1. The van der Waals surface area contributed by atoms with Gasteiger partial charge in [-0.1, -0.05) is 12.1 Å². The summed E-state index contributed by atoms with van der Waals surface area (Å²) in [4.78, 5) is 15.4. The van der Waals surface area contributed by atoms with Crippen molar-refractivity contribution >= 4 is 5.91 Å². The Balaban J connectivity index is 2.24. The first kappa shape index (κ1) is 14.5. The maximum Gasteiger partial charge on any atom is 0.245 e. The fourth-order valence-corrected chi connectivity index (χ4v) is 1.49. The number of nitrogens with one attached hydrogen (secondary N) is 1. The van der Waals surface area contributed by atoms with Gasteiger partial charge in [-0.25, -0.2) is 0 Å². The molecule has 0 fully saturated rings. The first-order valence-electron chi connectivity index (χ1n) is 5.90. The Bertz CT molecular complexity index is 365. The highest BCUT2D eigenvalue weighted by Gasteiger charge is 2.03. The van der Waals surface area contributed by atoms with E-state index in [1.165, 1.54) is 5.56 Å². The number of carbonyl (C=O) groups is 1. The van der Waals surface area contributed by atoms with Crippen LogP contribution in [0.1, 0.15) is 18.9 Å². The maximum atomic E-state index is 10.5. The molecule has 0 aliphatic rings. The molecule has 5 nitrogen and oxygen atoms in total. The van der Waals surface area contributed by atoms with Crippen LogP contribution in [0.25, 0.3) is 0 Å². The second-order valence-corrected chi connectivity index (χ2v) is 4.16. The maximum absolute atomic E-state index is 10.5. The van der Waals surface area contributed by atoms with Crippen molar-refractivity contribution in [3.8, 4) is 5.75 Å². The second kappa shape index (κ2) is 7.68. The van der Waals surface area contributed by atoms with Crippen molar-refractivity contribution in [2.45, 2.75) is 25.8 Å². The van der Waals surface area contributed by atoms with Crippen LogP contribution in [0.15, 0.2) is 24.3 Å². The van der Waals surface area contributed by atoms with Gasteiger partial charge in [0.15, 0.2) is 0 Å². The number of hydroxylamine groups is 1. The number of primary amides is 1. The van der Waals surface area contributed by atoms with Crippen molar-refractivity contribution in [2.75, 3.05) is 13.7 Å². The van der Waals surface area contributed by atoms with Crippen molar-refractivity contribution in [2.24, 2.45) is 5.73 Å². The van der Waals surface area contributed by atoms with Gasteiger partial charge in [-0.15, -0.1) is 0 Å². The van der Waals surface area contributed by atoms with Crippen LogP contribution < -0.4 is 16.0 Å². The van der Waals surface area contributed by atoms with E-state index >= 15 is 0 Å². The molecule has 100 valence electrons. The quantitative estimate of drug-likeness (QED) is 0.678. The van der Waals surface area contributed by atoms with Crippen LogP contribution in [0.2, 0.25) is 0 Å². The highest BCUT2D eigenvalue weighted by Crippen LogP contribution is 2.13. The molecule has 1 aromatic carbocycles. The van der Waals surface area contributed by atoms with Crippen LogP contribution in [0.3, 0.4) is 0 Å². The summed E-state index contributed by atoms with van der Waals surface area (Å²) in [5.74, 6) is 0.375. The van der Waals surface area contributed by atoms with Crippen molar-refractivity contribution in [1.29, 1.82) is 0 Å². The average Bonchev–Trinajstić information content (AvgIpc) is 2.36. The molecule has 18 heavy (non-hydrogen) atoms. The van der Waals surface area contributed by atoms with Gasteiger partial charge in [0.25, 0.3) is 0 Å². The monoisotopic (exact) mass is 252 g/mol. The number of carbonyl (C=O) groups excluding carboxylic acids is 1. The molecule has 1 atom stereocenters. The highest BCUT2D eigenvalue weighted by molar-refractivity contribution is 5.74. The number of amides is 1. The Kier molecular flexibility index (Phi) is 6.18. The van der Waals surface area contributed by atoms with Gasteiger partial charge in [0.2, 0.25) is 5.91 Å². The lowest BCUT2D eigenvalue weighted by Gasteiger charge is -2.13. The second-order valence-electron chi connectivity index (χ2n) is 4.16. The lowest BCUT2D eigenvalue weighted by molar-refractivity contribution is -0.126. The first-order chi connectivity index (χ1) is 8.61. The van der Waals surface area contributed by atoms with E-state index in [1.54, 1.807) is 7.11 Å². The summed E-state index contributed by atoms with van der Waals surface area (Å²) in [5, 5.41) is 0. The predicted molar refractivity (Wildman–Crippen MR) is 69.1 cm³/mol. The molecule has 0 saturated carbocycles. The Morgan fingerprint density at radius 2 is 2.06 bits per heavy atom. The third kappa shape index (κ3) is 5.65. The predicted octanol–water partition coefficient (Wildman–Crippen LogP) is 1.02. The third-order valence-corrected chi connectivity index (χ3v) is 2.52. The number of nitrogens with two attached hydrogens (primary N) is 1. The molecule has 0 saturated heterocycles. The number of methoxy groups -OCH3 is 1. The van der Waals surface area contributed by atoms with Gasteiger partial charge in [-0.2, -0.15) is 5.48 Å². The standard InChI is InChI=1S/C13H20N2O3/c1-10(15-18-9-13(14)16)3-4-11-5-7-12(17-2)8-6-11/h5-8,10,15H,3-4,9H2,1-2H3,(H2,14,16). The SMILES string of the molecule is COc1ccc(CCC(C)NOCC(N)=O)cc1.